The fourth-order valence-electron chi connectivity index (χ4n) is 3.46. The van der Waals surface area contributed by atoms with Gasteiger partial charge in [0, 0.05) is 24.2 Å². The Hall–Kier alpha value is -4.91. The van der Waals surface area contributed by atoms with Gasteiger partial charge in [-0.2, -0.15) is 0 Å². The molecule has 0 spiro atoms. The van der Waals surface area contributed by atoms with Gasteiger partial charge in [0.1, 0.15) is 16.9 Å². The van der Waals surface area contributed by atoms with Gasteiger partial charge in [-0.3, -0.25) is 9.36 Å². The monoisotopic (exact) mass is 440 g/mol. The van der Waals surface area contributed by atoms with Crippen LogP contribution >= 0.6 is 0 Å². The number of nitrogens with zero attached hydrogens (tertiary/aromatic N) is 6. The Labute approximate surface area is 188 Å². The molecule has 0 aliphatic rings. The average Bonchev–Trinajstić information content (AvgIpc) is 3.39. The summed E-state index contributed by atoms with van der Waals surface area (Å²) >= 11 is 0. The lowest BCUT2D eigenvalue weighted by molar-refractivity contribution is 0.100. The molecule has 0 bridgehead atoms. The van der Waals surface area contributed by atoms with Crippen molar-refractivity contribution in [3.63, 3.8) is 0 Å². The van der Waals surface area contributed by atoms with E-state index in [1.165, 1.54) is 8.92 Å². The third kappa shape index (κ3) is 3.79. The summed E-state index contributed by atoms with van der Waals surface area (Å²) in [4.78, 5) is 31.8. The number of nitrogens with two attached hydrogens (primary N) is 2. The normalized spacial score (nSPS) is 10.5. The number of terminal acetylenes is 1. The van der Waals surface area contributed by atoms with Crippen LogP contribution in [-0.2, 0) is 6.42 Å². The third-order valence-corrected chi connectivity index (χ3v) is 4.95. The van der Waals surface area contributed by atoms with E-state index in [0.717, 1.165) is 17.8 Å². The first-order chi connectivity index (χ1) is 16.0. The molecule has 0 saturated carbocycles. The van der Waals surface area contributed by atoms with Gasteiger partial charge in [0.15, 0.2) is 11.5 Å². The van der Waals surface area contributed by atoms with E-state index in [-0.39, 0.29) is 17.1 Å². The smallest absolute Gasteiger partial charge is 0.339 e. The van der Waals surface area contributed by atoms with E-state index in [1.54, 1.807) is 29.2 Å². The van der Waals surface area contributed by atoms with Crippen LogP contribution in [0.5, 0.6) is 0 Å². The van der Waals surface area contributed by atoms with Crippen LogP contribution in [0.25, 0.3) is 17.0 Å². The molecule has 33 heavy (non-hydrogen) atoms. The van der Waals surface area contributed by atoms with Gasteiger partial charge in [0.2, 0.25) is 0 Å². The number of anilines is 1. The molecule has 5 rings (SSSR count). The number of benzene rings is 1. The minimum Gasteiger partial charge on any atom is -0.381 e. The van der Waals surface area contributed by atoms with Crippen LogP contribution in [0.4, 0.5) is 5.82 Å². The highest BCUT2D eigenvalue weighted by Crippen LogP contribution is 2.14. The molecule has 5 aromatic rings. The molecular weight excluding hydrogens is 420 g/mol. The number of aryl methyl sites for hydroxylation is 1. The molecule has 0 aliphatic carbocycles. The predicted octanol–water partition coefficient (Wildman–Crippen LogP) is 1.44. The van der Waals surface area contributed by atoms with E-state index in [4.69, 9.17) is 17.9 Å². The molecule has 1 aromatic carbocycles. The van der Waals surface area contributed by atoms with E-state index >= 15 is 0 Å². The van der Waals surface area contributed by atoms with Gasteiger partial charge in [-0.25, -0.2) is 23.7 Å². The number of carbonyl (C=O) groups is 1. The third-order valence-electron chi connectivity index (χ3n) is 4.95. The van der Waals surface area contributed by atoms with Crippen molar-refractivity contribution in [3.8, 4) is 18.0 Å². The number of hydrogen-bond acceptors (Lipinski definition) is 6. The van der Waals surface area contributed by atoms with Gasteiger partial charge >= 0.3 is 5.69 Å². The van der Waals surface area contributed by atoms with Gasteiger partial charge < -0.3 is 11.5 Å². The first kappa shape index (κ1) is 21.3. The maximum atomic E-state index is 12.7. The van der Waals surface area contributed by atoms with E-state index in [9.17, 15) is 9.59 Å². The number of imidazole rings is 1. The molecular formula is C23H20N8O2. The maximum Gasteiger partial charge on any atom is 0.339 e. The highest BCUT2D eigenvalue weighted by Gasteiger charge is 2.15. The summed E-state index contributed by atoms with van der Waals surface area (Å²) in [6.45, 7) is 2.01. The minimum atomic E-state index is -0.619. The standard InChI is InChI=1S/C16H13N3O.C7H7N5O/c1-3-12-10-15-17-11-13(4-2)19(15)16(20)18(12)14-8-6-5-7-9-14;8-5-4(6(9)13)7-10-2-1-3-12(7)11-5/h2,5-11H,3H2,1H3;1-3H,(H2,8,11)(H2,9,13). The molecule has 0 fully saturated rings. The Balaban J connectivity index is 0.000000172. The largest absolute Gasteiger partial charge is 0.381 e. The number of primary amides is 1. The Morgan fingerprint density at radius 2 is 1.94 bits per heavy atom. The topological polar surface area (TPSA) is 139 Å². The first-order valence-electron chi connectivity index (χ1n) is 9.99. The molecule has 0 atom stereocenters. The van der Waals surface area contributed by atoms with Crippen molar-refractivity contribution in [3.05, 3.63) is 88.5 Å². The molecule has 0 saturated heterocycles. The second-order valence-corrected chi connectivity index (χ2v) is 6.94. The van der Waals surface area contributed by atoms with Gasteiger partial charge in [-0.05, 0) is 30.5 Å². The van der Waals surface area contributed by atoms with Crippen molar-refractivity contribution in [2.24, 2.45) is 5.73 Å². The van der Waals surface area contributed by atoms with Crippen molar-refractivity contribution in [1.29, 1.82) is 0 Å². The number of nitrogen functional groups attached to an aromatic ring is 1. The van der Waals surface area contributed by atoms with E-state index in [2.05, 4.69) is 21.0 Å². The average molecular weight is 440 g/mol. The number of carbonyl (C=O) groups excluding carboxylic acids is 1. The minimum absolute atomic E-state index is 0.103. The maximum absolute atomic E-state index is 12.7. The summed E-state index contributed by atoms with van der Waals surface area (Å²) < 4.78 is 4.55. The molecule has 10 heteroatoms. The van der Waals surface area contributed by atoms with Crippen LogP contribution in [0.15, 0.2) is 65.8 Å². The summed E-state index contributed by atoms with van der Waals surface area (Å²) in [7, 11) is 0. The molecule has 10 nitrogen and oxygen atoms in total. The summed E-state index contributed by atoms with van der Waals surface area (Å²) in [6.07, 6.45) is 10.9. The van der Waals surface area contributed by atoms with Crippen molar-refractivity contribution < 1.29 is 4.79 Å². The summed E-state index contributed by atoms with van der Waals surface area (Å²) in [5, 5.41) is 3.87. The number of rotatable bonds is 3. The molecule has 4 heterocycles. The van der Waals surface area contributed by atoms with Crippen LogP contribution in [0.1, 0.15) is 28.7 Å². The van der Waals surface area contributed by atoms with Crippen LogP contribution in [-0.4, -0.2) is 34.5 Å². The second-order valence-electron chi connectivity index (χ2n) is 6.94. The SMILES string of the molecule is C#Cc1cnc2cc(CC)n(-c3ccccc3)c(=O)n12.NC(=O)c1c(N)nn2cccnc12. The molecule has 164 valence electrons. The highest BCUT2D eigenvalue weighted by molar-refractivity contribution is 6.03. The summed E-state index contributed by atoms with van der Waals surface area (Å²) in [5.41, 5.74) is 13.8. The fraction of sp³-hybridized carbons (Fsp3) is 0.0870. The highest BCUT2D eigenvalue weighted by atomic mass is 16.1. The van der Waals surface area contributed by atoms with Crippen LogP contribution in [0, 0.1) is 12.3 Å². The number of fused-ring (bicyclic) bond motifs is 2. The van der Waals surface area contributed by atoms with Crippen molar-refractivity contribution >= 4 is 23.0 Å². The Bertz CT molecular complexity index is 1570. The Kier molecular flexibility index (Phi) is 5.61. The Morgan fingerprint density at radius 1 is 1.18 bits per heavy atom. The number of aromatic nitrogens is 6. The quantitative estimate of drug-likeness (QED) is 0.407. The van der Waals surface area contributed by atoms with Crippen molar-refractivity contribution in [2.45, 2.75) is 13.3 Å². The molecule has 0 unspecified atom stereocenters. The number of amides is 1. The first-order valence-corrected chi connectivity index (χ1v) is 9.99. The van der Waals surface area contributed by atoms with Crippen LogP contribution in [0.3, 0.4) is 0 Å². The zero-order valence-corrected chi connectivity index (χ0v) is 17.7. The lowest BCUT2D eigenvalue weighted by atomic mass is 10.2. The van der Waals surface area contributed by atoms with Crippen LogP contribution < -0.4 is 17.2 Å². The lowest BCUT2D eigenvalue weighted by Gasteiger charge is -2.12. The predicted molar refractivity (Wildman–Crippen MR) is 124 cm³/mol. The van der Waals surface area contributed by atoms with E-state index < -0.39 is 5.91 Å². The van der Waals surface area contributed by atoms with Crippen molar-refractivity contribution in [1.82, 2.24) is 28.5 Å². The van der Waals surface area contributed by atoms with Gasteiger partial charge in [-0.1, -0.05) is 25.1 Å². The van der Waals surface area contributed by atoms with Gasteiger partial charge in [0.05, 0.1) is 11.9 Å². The number of hydrogen-bond donors (Lipinski definition) is 2. The summed E-state index contributed by atoms with van der Waals surface area (Å²) in [6, 6.07) is 13.1. The van der Waals surface area contributed by atoms with Crippen LogP contribution in [0.2, 0.25) is 0 Å². The van der Waals surface area contributed by atoms with E-state index in [1.807, 2.05) is 43.3 Å². The van der Waals surface area contributed by atoms with Gasteiger partial charge in [0.25, 0.3) is 5.91 Å². The molecule has 0 aliphatic heterocycles. The lowest BCUT2D eigenvalue weighted by Crippen LogP contribution is -2.28. The number of para-hydroxylation sites is 1. The zero-order valence-electron chi connectivity index (χ0n) is 17.7. The molecule has 4 aromatic heterocycles. The molecule has 1 amide bonds. The van der Waals surface area contributed by atoms with Crippen molar-refractivity contribution in [2.75, 3.05) is 5.73 Å². The molecule has 0 radical (unpaired) electrons. The van der Waals surface area contributed by atoms with E-state index in [0.29, 0.717) is 17.0 Å². The zero-order chi connectivity index (χ0) is 23.5. The Morgan fingerprint density at radius 3 is 2.61 bits per heavy atom. The molecule has 4 N–H and O–H groups in total. The van der Waals surface area contributed by atoms with Gasteiger partial charge in [-0.15, -0.1) is 11.5 Å². The summed E-state index contributed by atoms with van der Waals surface area (Å²) in [5.74, 6) is 1.98. The second kappa shape index (κ2) is 8.68. The fourth-order valence-corrected chi connectivity index (χ4v) is 3.46.